The van der Waals surface area contributed by atoms with Crippen LogP contribution in [-0.4, -0.2) is 31.9 Å². The van der Waals surface area contributed by atoms with Gasteiger partial charge in [-0.1, -0.05) is 11.2 Å². The molecular weight excluding hydrogens is 494 g/mol. The van der Waals surface area contributed by atoms with Crippen LogP contribution < -0.4 is 16.4 Å². The van der Waals surface area contributed by atoms with Gasteiger partial charge in [0.15, 0.2) is 0 Å². The minimum absolute atomic E-state index is 0.0939. The van der Waals surface area contributed by atoms with Gasteiger partial charge in [0, 0.05) is 23.9 Å². The molecule has 2 fully saturated rings. The van der Waals surface area contributed by atoms with Gasteiger partial charge in [-0.15, -0.1) is 0 Å². The molecule has 0 unspecified atom stereocenters. The average molecular weight is 515 g/mol. The number of anilines is 3. The van der Waals surface area contributed by atoms with Crippen LogP contribution in [0.15, 0.2) is 41.3 Å². The van der Waals surface area contributed by atoms with Crippen molar-refractivity contribution < 1.29 is 26.9 Å². The summed E-state index contributed by atoms with van der Waals surface area (Å²) in [5.74, 6) is -0.718. The smallest absolute Gasteiger partial charge is 0.383 e. The van der Waals surface area contributed by atoms with Crippen molar-refractivity contribution in [2.75, 3.05) is 16.4 Å². The molecule has 2 aliphatic rings. The van der Waals surface area contributed by atoms with Gasteiger partial charge >= 0.3 is 12.2 Å². The number of rotatable bonds is 5. The van der Waals surface area contributed by atoms with Crippen LogP contribution in [0.25, 0.3) is 22.2 Å². The minimum Gasteiger partial charge on any atom is -0.383 e. The molecule has 3 aromatic heterocycles. The summed E-state index contributed by atoms with van der Waals surface area (Å²) < 4.78 is 61.7. The molecule has 3 heterocycles. The number of hydrogen-bond donors (Lipinski definition) is 3. The van der Waals surface area contributed by atoms with Crippen molar-refractivity contribution in [3.8, 4) is 11.1 Å². The molecule has 1 aromatic carbocycles. The molecule has 0 spiro atoms. The predicted molar refractivity (Wildman–Crippen MR) is 126 cm³/mol. The number of fused-ring (bicyclic) bond motifs is 1. The van der Waals surface area contributed by atoms with Gasteiger partial charge in [0.2, 0.25) is 5.88 Å². The minimum atomic E-state index is -4.46. The maximum absolute atomic E-state index is 15.0. The summed E-state index contributed by atoms with van der Waals surface area (Å²) in [6, 6.07) is 4.69. The van der Waals surface area contributed by atoms with Gasteiger partial charge in [-0.25, -0.2) is 19.2 Å². The normalized spacial score (nSPS) is 17.0. The van der Waals surface area contributed by atoms with E-state index in [9.17, 15) is 18.0 Å². The lowest BCUT2D eigenvalue weighted by molar-refractivity contribution is -0.161. The molecule has 9 nitrogen and oxygen atoms in total. The first kappa shape index (κ1) is 23.3. The summed E-state index contributed by atoms with van der Waals surface area (Å²) in [7, 11) is 0. The van der Waals surface area contributed by atoms with E-state index in [1.54, 1.807) is 6.07 Å². The number of nitrogens with two attached hydrogens (primary N) is 1. The molecule has 0 atom stereocenters. The lowest BCUT2D eigenvalue weighted by Crippen LogP contribution is -2.28. The van der Waals surface area contributed by atoms with Gasteiger partial charge < -0.3 is 20.1 Å². The highest BCUT2D eigenvalue weighted by Gasteiger charge is 2.66. The fourth-order valence-electron chi connectivity index (χ4n) is 4.69. The zero-order valence-electron chi connectivity index (χ0n) is 19.3. The summed E-state index contributed by atoms with van der Waals surface area (Å²) in [4.78, 5) is 20.8. The second kappa shape index (κ2) is 8.18. The maximum atomic E-state index is 15.0. The largest absolute Gasteiger partial charge is 0.400 e. The molecule has 4 N–H and O–H groups in total. The third-order valence-corrected chi connectivity index (χ3v) is 7.16. The van der Waals surface area contributed by atoms with Crippen LogP contribution in [0.4, 0.5) is 39.7 Å². The van der Waals surface area contributed by atoms with Crippen LogP contribution in [-0.2, 0) is 5.41 Å². The van der Waals surface area contributed by atoms with Crippen LogP contribution in [0.3, 0.4) is 0 Å². The number of nitrogen functional groups attached to an aromatic ring is 1. The summed E-state index contributed by atoms with van der Waals surface area (Å²) in [5.41, 5.74) is 5.53. The zero-order chi connectivity index (χ0) is 25.9. The molecule has 0 aliphatic heterocycles. The number of carbonyl (C=O) groups is 1. The third kappa shape index (κ3) is 3.85. The summed E-state index contributed by atoms with van der Waals surface area (Å²) >= 11 is 0. The number of hydrogen-bond acceptors (Lipinski definition) is 6. The predicted octanol–water partition coefficient (Wildman–Crippen LogP) is 5.77. The van der Waals surface area contributed by atoms with Gasteiger partial charge in [0.1, 0.15) is 34.7 Å². The van der Waals surface area contributed by atoms with Crippen molar-refractivity contribution in [1.82, 2.24) is 19.7 Å². The molecule has 37 heavy (non-hydrogen) atoms. The monoisotopic (exact) mass is 515 g/mol. The number of alkyl halides is 3. The molecule has 13 heteroatoms. The first-order chi connectivity index (χ1) is 17.7. The Balaban J connectivity index is 1.21. The lowest BCUT2D eigenvalue weighted by Gasteiger charge is -2.27. The molecule has 0 bridgehead atoms. The summed E-state index contributed by atoms with van der Waals surface area (Å²) in [5, 5.41) is 8.67. The van der Waals surface area contributed by atoms with Crippen molar-refractivity contribution in [2.24, 2.45) is 0 Å². The molecule has 2 amide bonds. The summed E-state index contributed by atoms with van der Waals surface area (Å²) in [6.07, 6.45) is 1.79. The van der Waals surface area contributed by atoms with E-state index in [2.05, 4.69) is 25.8 Å². The van der Waals surface area contributed by atoms with Crippen molar-refractivity contribution in [1.29, 1.82) is 0 Å². The Morgan fingerprint density at radius 1 is 1.16 bits per heavy atom. The Kier molecular flexibility index (Phi) is 5.14. The van der Waals surface area contributed by atoms with Gasteiger partial charge in [-0.3, -0.25) is 5.32 Å². The van der Waals surface area contributed by atoms with Crippen LogP contribution in [0.1, 0.15) is 43.8 Å². The Labute approximate surface area is 207 Å². The van der Waals surface area contributed by atoms with E-state index >= 15 is 4.39 Å². The second-order valence-electron chi connectivity index (χ2n) is 9.42. The van der Waals surface area contributed by atoms with E-state index < -0.39 is 23.4 Å². The number of amides is 2. The van der Waals surface area contributed by atoms with E-state index in [1.165, 1.54) is 18.5 Å². The van der Waals surface area contributed by atoms with Crippen LogP contribution in [0.2, 0.25) is 0 Å². The molecule has 2 saturated carbocycles. The van der Waals surface area contributed by atoms with Gasteiger partial charge in [-0.05, 0) is 49.8 Å². The fourth-order valence-corrected chi connectivity index (χ4v) is 4.69. The first-order valence-electron chi connectivity index (χ1n) is 11.7. The van der Waals surface area contributed by atoms with Gasteiger partial charge in [0.05, 0.1) is 11.1 Å². The molecule has 0 saturated heterocycles. The van der Waals surface area contributed by atoms with Gasteiger partial charge in [-0.2, -0.15) is 13.2 Å². The molecule has 4 aromatic rings. The number of nitrogens with one attached hydrogen (secondary N) is 2. The highest BCUT2D eigenvalue weighted by Crippen LogP contribution is 2.58. The Bertz CT molecular complexity index is 1520. The van der Waals surface area contributed by atoms with Crippen molar-refractivity contribution in [2.45, 2.75) is 49.7 Å². The maximum Gasteiger partial charge on any atom is 0.400 e. The molecule has 6 rings (SSSR count). The van der Waals surface area contributed by atoms with Crippen LogP contribution in [0, 0.1) is 5.82 Å². The molecule has 192 valence electrons. The molecule has 2 aliphatic carbocycles. The SMILES string of the molecule is Nc1ncnc2c1c(-c1ccc(NC(=O)Nc3cc(C4(C(F)(F)F)CC4)no3)c(F)c1)cn2C1CCC1. The highest BCUT2D eigenvalue weighted by molar-refractivity contribution is 6.02. The van der Waals surface area contributed by atoms with Gasteiger partial charge in [0.25, 0.3) is 0 Å². The second-order valence-corrected chi connectivity index (χ2v) is 9.42. The molecule has 0 radical (unpaired) electrons. The number of carbonyl (C=O) groups excluding carboxylic acids is 1. The van der Waals surface area contributed by atoms with Crippen molar-refractivity contribution in [3.63, 3.8) is 0 Å². The average Bonchev–Trinajstić information content (AvgIpc) is 3.37. The standard InChI is InChI=1S/C24H21F4N7O2/c25-15-8-12(14-10-35(13-2-1-3-13)21-19(14)20(29)30-11-31-21)4-5-16(15)32-22(36)33-18-9-17(34-37-18)23(6-7-23)24(26,27)28/h4-5,8-11,13H,1-3,6-7H2,(H2,29,30,31)(H2,32,33,36). The van der Waals surface area contributed by atoms with Crippen molar-refractivity contribution >= 4 is 34.5 Å². The van der Waals surface area contributed by atoms with E-state index in [0.29, 0.717) is 28.2 Å². The topological polar surface area (TPSA) is 124 Å². The highest BCUT2D eigenvalue weighted by atomic mass is 19.4. The Morgan fingerprint density at radius 2 is 1.95 bits per heavy atom. The van der Waals surface area contributed by atoms with E-state index in [1.807, 2.05) is 10.8 Å². The number of halogens is 4. The van der Waals surface area contributed by atoms with E-state index in [0.717, 1.165) is 25.3 Å². The Morgan fingerprint density at radius 3 is 2.59 bits per heavy atom. The third-order valence-electron chi connectivity index (χ3n) is 7.16. The molecular formula is C24H21F4N7O2. The van der Waals surface area contributed by atoms with Crippen LogP contribution >= 0.6 is 0 Å². The lowest BCUT2D eigenvalue weighted by atomic mass is 9.93. The fraction of sp³-hybridized carbons (Fsp3) is 0.333. The first-order valence-corrected chi connectivity index (χ1v) is 11.7. The van der Waals surface area contributed by atoms with E-state index in [-0.39, 0.29) is 35.9 Å². The summed E-state index contributed by atoms with van der Waals surface area (Å²) in [6.45, 7) is 0. The number of urea groups is 1. The van der Waals surface area contributed by atoms with E-state index in [4.69, 9.17) is 10.3 Å². The van der Waals surface area contributed by atoms with Crippen molar-refractivity contribution in [3.05, 3.63) is 48.3 Å². The van der Waals surface area contributed by atoms with Crippen LogP contribution in [0.5, 0.6) is 0 Å². The number of nitrogens with zero attached hydrogens (tertiary/aromatic N) is 4. The number of aromatic nitrogens is 4. The zero-order valence-corrected chi connectivity index (χ0v) is 19.3. The quantitative estimate of drug-likeness (QED) is 0.290. The Hall–Kier alpha value is -4.16. The number of benzene rings is 1.